The number of carbonyl (C=O) groups excluding carboxylic acids is 2. The van der Waals surface area contributed by atoms with E-state index in [1.165, 1.54) is 0 Å². The first kappa shape index (κ1) is 21.3. The molecule has 5 heteroatoms. The summed E-state index contributed by atoms with van der Waals surface area (Å²) in [6.07, 6.45) is 2.27. The fraction of sp³-hybridized carbons (Fsp3) is 0.308. The highest BCUT2D eigenvalue weighted by Crippen LogP contribution is 2.30. The van der Waals surface area contributed by atoms with Crippen molar-refractivity contribution in [3.63, 3.8) is 0 Å². The second kappa shape index (κ2) is 9.92. The third-order valence-electron chi connectivity index (χ3n) is 5.66. The number of carbonyl (C=O) groups is 2. The molecule has 1 aliphatic rings. The summed E-state index contributed by atoms with van der Waals surface area (Å²) in [5, 5.41) is 2.03. The Morgan fingerprint density at radius 2 is 1.65 bits per heavy atom. The Balaban J connectivity index is 1.53. The fourth-order valence-corrected chi connectivity index (χ4v) is 4.42. The average molecular weight is 433 g/mol. The first-order chi connectivity index (χ1) is 15.1. The molecule has 1 aromatic heterocycles. The van der Waals surface area contributed by atoms with E-state index in [0.717, 1.165) is 28.8 Å². The van der Waals surface area contributed by atoms with Crippen LogP contribution in [0.25, 0.3) is 0 Å². The summed E-state index contributed by atoms with van der Waals surface area (Å²) in [5.41, 5.74) is 2.72. The lowest BCUT2D eigenvalue weighted by Gasteiger charge is -2.28. The average Bonchev–Trinajstić information content (AvgIpc) is 3.45. The van der Waals surface area contributed by atoms with Crippen LogP contribution >= 0.6 is 11.3 Å². The number of aryl methyl sites for hydroxylation is 1. The molecule has 160 valence electrons. The van der Waals surface area contributed by atoms with Gasteiger partial charge >= 0.3 is 0 Å². The van der Waals surface area contributed by atoms with Gasteiger partial charge in [0.1, 0.15) is 6.54 Å². The molecule has 31 heavy (non-hydrogen) atoms. The van der Waals surface area contributed by atoms with Gasteiger partial charge in [0.05, 0.1) is 6.54 Å². The van der Waals surface area contributed by atoms with Crippen LogP contribution in [0.15, 0.2) is 72.1 Å². The molecule has 1 heterocycles. The molecule has 0 N–H and O–H groups in total. The van der Waals surface area contributed by atoms with E-state index in [9.17, 15) is 9.59 Å². The van der Waals surface area contributed by atoms with E-state index in [4.69, 9.17) is 0 Å². The molecule has 0 atom stereocenters. The van der Waals surface area contributed by atoms with Gasteiger partial charge in [-0.2, -0.15) is 0 Å². The van der Waals surface area contributed by atoms with Crippen LogP contribution in [0.3, 0.4) is 0 Å². The Hall–Kier alpha value is -2.92. The molecule has 0 aliphatic heterocycles. The Morgan fingerprint density at radius 3 is 2.32 bits per heavy atom. The van der Waals surface area contributed by atoms with E-state index in [0.29, 0.717) is 31.1 Å². The molecular weight excluding hydrogens is 404 g/mol. The van der Waals surface area contributed by atoms with Gasteiger partial charge in [-0.25, -0.2) is 0 Å². The highest BCUT2D eigenvalue weighted by molar-refractivity contribution is 7.09. The SMILES string of the molecule is Cc1ccccc1C(=O)N(CC(=O)N(Cc1ccccc1)Cc1cccs1)CC1CC1. The maximum atomic E-state index is 13.4. The normalized spacial score (nSPS) is 13.1. The molecule has 1 fully saturated rings. The zero-order chi connectivity index (χ0) is 21.6. The fourth-order valence-electron chi connectivity index (χ4n) is 3.70. The van der Waals surface area contributed by atoms with E-state index >= 15 is 0 Å². The molecular formula is C26H28N2O2S. The Kier molecular flexibility index (Phi) is 6.82. The van der Waals surface area contributed by atoms with Gasteiger partial charge in [-0.15, -0.1) is 11.3 Å². The number of hydrogen-bond acceptors (Lipinski definition) is 3. The van der Waals surface area contributed by atoms with Crippen LogP contribution in [0.4, 0.5) is 0 Å². The molecule has 0 unspecified atom stereocenters. The molecule has 3 aromatic rings. The van der Waals surface area contributed by atoms with Gasteiger partial charge in [0, 0.05) is 23.5 Å². The number of nitrogens with zero attached hydrogens (tertiary/aromatic N) is 2. The molecule has 0 bridgehead atoms. The van der Waals surface area contributed by atoms with Crippen LogP contribution in [0, 0.1) is 12.8 Å². The summed E-state index contributed by atoms with van der Waals surface area (Å²) in [5.74, 6) is 0.453. The van der Waals surface area contributed by atoms with Crippen molar-refractivity contribution in [2.24, 2.45) is 5.92 Å². The summed E-state index contributed by atoms with van der Waals surface area (Å²) in [7, 11) is 0. The van der Waals surface area contributed by atoms with E-state index in [1.54, 1.807) is 16.2 Å². The lowest BCUT2D eigenvalue weighted by Crippen LogP contribution is -2.43. The first-order valence-electron chi connectivity index (χ1n) is 10.8. The topological polar surface area (TPSA) is 40.6 Å². The minimum Gasteiger partial charge on any atom is -0.332 e. The second-order valence-corrected chi connectivity index (χ2v) is 9.29. The van der Waals surface area contributed by atoms with E-state index in [2.05, 4.69) is 6.07 Å². The number of benzene rings is 2. The smallest absolute Gasteiger partial charge is 0.254 e. The highest BCUT2D eigenvalue weighted by Gasteiger charge is 2.30. The number of thiophene rings is 1. The van der Waals surface area contributed by atoms with Gasteiger partial charge in [-0.1, -0.05) is 54.6 Å². The zero-order valence-corrected chi connectivity index (χ0v) is 18.7. The summed E-state index contributed by atoms with van der Waals surface area (Å²) in [6.45, 7) is 3.80. The van der Waals surface area contributed by atoms with Crippen molar-refractivity contribution in [2.75, 3.05) is 13.1 Å². The van der Waals surface area contributed by atoms with Crippen LogP contribution in [0.1, 0.15) is 39.2 Å². The highest BCUT2D eigenvalue weighted by atomic mass is 32.1. The molecule has 0 saturated heterocycles. The lowest BCUT2D eigenvalue weighted by molar-refractivity contribution is -0.133. The van der Waals surface area contributed by atoms with Gasteiger partial charge < -0.3 is 9.80 Å². The Bertz CT molecular complexity index is 1010. The zero-order valence-electron chi connectivity index (χ0n) is 17.9. The van der Waals surface area contributed by atoms with Crippen LogP contribution < -0.4 is 0 Å². The van der Waals surface area contributed by atoms with Crippen LogP contribution in [0.5, 0.6) is 0 Å². The van der Waals surface area contributed by atoms with Crippen molar-refractivity contribution in [1.82, 2.24) is 9.80 Å². The molecule has 4 nitrogen and oxygen atoms in total. The third kappa shape index (κ3) is 5.82. The summed E-state index contributed by atoms with van der Waals surface area (Å²) >= 11 is 1.65. The maximum Gasteiger partial charge on any atom is 0.254 e. The summed E-state index contributed by atoms with van der Waals surface area (Å²) in [6, 6.07) is 21.7. The van der Waals surface area contributed by atoms with Crippen molar-refractivity contribution in [3.8, 4) is 0 Å². The molecule has 0 spiro atoms. The van der Waals surface area contributed by atoms with Gasteiger partial charge in [-0.3, -0.25) is 9.59 Å². The predicted molar refractivity (Wildman–Crippen MR) is 125 cm³/mol. The Labute approximate surface area is 188 Å². The third-order valence-corrected chi connectivity index (χ3v) is 6.52. The Morgan fingerprint density at radius 1 is 0.903 bits per heavy atom. The van der Waals surface area contributed by atoms with E-state index in [1.807, 2.05) is 77.9 Å². The van der Waals surface area contributed by atoms with Gasteiger partial charge in [0.25, 0.3) is 5.91 Å². The van der Waals surface area contributed by atoms with Crippen molar-refractivity contribution in [3.05, 3.63) is 93.7 Å². The van der Waals surface area contributed by atoms with Crippen molar-refractivity contribution in [2.45, 2.75) is 32.9 Å². The molecule has 1 saturated carbocycles. The standard InChI is InChI=1S/C26H28N2O2S/c1-20-8-5-6-12-24(20)26(30)28(17-22-13-14-22)19-25(29)27(18-23-11-7-15-31-23)16-21-9-3-2-4-10-21/h2-12,15,22H,13-14,16-19H2,1H3. The largest absolute Gasteiger partial charge is 0.332 e. The molecule has 2 aromatic carbocycles. The predicted octanol–water partition coefficient (Wildman–Crippen LogP) is 5.14. The van der Waals surface area contributed by atoms with Crippen molar-refractivity contribution >= 4 is 23.2 Å². The second-order valence-electron chi connectivity index (χ2n) is 8.26. The number of rotatable bonds is 9. The van der Waals surface area contributed by atoms with Gasteiger partial charge in [-0.05, 0) is 54.3 Å². The molecule has 1 aliphatic carbocycles. The number of hydrogen-bond donors (Lipinski definition) is 0. The minimum atomic E-state index is -0.0471. The van der Waals surface area contributed by atoms with Crippen LogP contribution in [0.2, 0.25) is 0 Å². The van der Waals surface area contributed by atoms with E-state index in [-0.39, 0.29) is 18.4 Å². The minimum absolute atomic E-state index is 0.0140. The van der Waals surface area contributed by atoms with Gasteiger partial charge in [0.2, 0.25) is 5.91 Å². The maximum absolute atomic E-state index is 13.4. The first-order valence-corrected chi connectivity index (χ1v) is 11.7. The molecule has 2 amide bonds. The molecule has 0 radical (unpaired) electrons. The molecule has 4 rings (SSSR count). The van der Waals surface area contributed by atoms with Gasteiger partial charge in [0.15, 0.2) is 0 Å². The van der Waals surface area contributed by atoms with Crippen LogP contribution in [-0.2, 0) is 17.9 Å². The van der Waals surface area contributed by atoms with Crippen LogP contribution in [-0.4, -0.2) is 34.7 Å². The number of amides is 2. The monoisotopic (exact) mass is 432 g/mol. The quantitative estimate of drug-likeness (QED) is 0.470. The van der Waals surface area contributed by atoms with Crippen molar-refractivity contribution < 1.29 is 9.59 Å². The summed E-state index contributed by atoms with van der Waals surface area (Å²) < 4.78 is 0. The van der Waals surface area contributed by atoms with Crippen molar-refractivity contribution in [1.29, 1.82) is 0 Å². The lowest BCUT2D eigenvalue weighted by atomic mass is 10.1. The summed E-state index contributed by atoms with van der Waals surface area (Å²) in [4.78, 5) is 31.5. The van der Waals surface area contributed by atoms with E-state index < -0.39 is 0 Å².